The first-order chi connectivity index (χ1) is 9.61. The maximum absolute atomic E-state index is 11.1. The standard InChI is InChI=1S/C17H26O4/c1-11-9-15(21-14(4)19)10-17(5,6)16(11)8-7-12(2)20-13(3)18/h7-8,12,15H,9-10H2,1-6H3/b8-7+. The highest BCUT2D eigenvalue weighted by Gasteiger charge is 2.33. The minimum atomic E-state index is -0.282. The smallest absolute Gasteiger partial charge is 0.303 e. The minimum Gasteiger partial charge on any atom is -0.462 e. The molecule has 1 rings (SSSR count). The van der Waals surface area contributed by atoms with Crippen molar-refractivity contribution in [2.75, 3.05) is 0 Å². The molecule has 0 aromatic heterocycles. The first-order valence-electron chi connectivity index (χ1n) is 7.34. The van der Waals surface area contributed by atoms with E-state index in [4.69, 9.17) is 9.47 Å². The lowest BCUT2D eigenvalue weighted by molar-refractivity contribution is -0.147. The van der Waals surface area contributed by atoms with Crippen LogP contribution in [0.15, 0.2) is 23.3 Å². The van der Waals surface area contributed by atoms with Crippen LogP contribution in [0, 0.1) is 5.41 Å². The summed E-state index contributed by atoms with van der Waals surface area (Å²) >= 11 is 0. The van der Waals surface area contributed by atoms with E-state index in [-0.39, 0.29) is 29.6 Å². The molecule has 0 fully saturated rings. The molecule has 0 aromatic rings. The van der Waals surface area contributed by atoms with E-state index in [1.54, 1.807) is 0 Å². The third-order valence-electron chi connectivity index (χ3n) is 3.68. The fraction of sp³-hybridized carbons (Fsp3) is 0.647. The van der Waals surface area contributed by atoms with Gasteiger partial charge < -0.3 is 9.47 Å². The molecule has 0 spiro atoms. The van der Waals surface area contributed by atoms with Gasteiger partial charge in [0.2, 0.25) is 0 Å². The molecule has 0 bridgehead atoms. The van der Waals surface area contributed by atoms with Gasteiger partial charge in [-0.15, -0.1) is 0 Å². The fourth-order valence-corrected chi connectivity index (χ4v) is 3.00. The number of carbonyl (C=O) groups is 2. The summed E-state index contributed by atoms with van der Waals surface area (Å²) in [5.41, 5.74) is 2.36. The van der Waals surface area contributed by atoms with Gasteiger partial charge in [0.25, 0.3) is 0 Å². The monoisotopic (exact) mass is 294 g/mol. The summed E-state index contributed by atoms with van der Waals surface area (Å²) in [6, 6.07) is 0. The van der Waals surface area contributed by atoms with Crippen LogP contribution in [0.25, 0.3) is 0 Å². The number of rotatable bonds is 4. The van der Waals surface area contributed by atoms with Crippen molar-refractivity contribution in [3.63, 3.8) is 0 Å². The lowest BCUT2D eigenvalue weighted by Crippen LogP contribution is -2.31. The maximum Gasteiger partial charge on any atom is 0.303 e. The van der Waals surface area contributed by atoms with Crippen molar-refractivity contribution < 1.29 is 19.1 Å². The number of ether oxygens (including phenoxy) is 2. The molecule has 0 radical (unpaired) electrons. The largest absolute Gasteiger partial charge is 0.462 e. The molecule has 0 saturated carbocycles. The highest BCUT2D eigenvalue weighted by atomic mass is 16.5. The summed E-state index contributed by atoms with van der Waals surface area (Å²) in [7, 11) is 0. The Kier molecular flexibility index (Phi) is 5.76. The highest BCUT2D eigenvalue weighted by Crippen LogP contribution is 2.42. The molecule has 1 aliphatic carbocycles. The second kappa shape index (κ2) is 6.92. The van der Waals surface area contributed by atoms with E-state index in [2.05, 4.69) is 20.8 Å². The Bertz CT molecular complexity index is 471. The van der Waals surface area contributed by atoms with E-state index in [9.17, 15) is 9.59 Å². The van der Waals surface area contributed by atoms with Crippen LogP contribution >= 0.6 is 0 Å². The van der Waals surface area contributed by atoms with E-state index >= 15 is 0 Å². The van der Waals surface area contributed by atoms with Crippen LogP contribution in [0.3, 0.4) is 0 Å². The average Bonchev–Trinajstić information content (AvgIpc) is 2.24. The van der Waals surface area contributed by atoms with Crippen LogP contribution in [0.4, 0.5) is 0 Å². The molecule has 2 unspecified atom stereocenters. The maximum atomic E-state index is 11.1. The summed E-state index contributed by atoms with van der Waals surface area (Å²) in [4.78, 5) is 22.1. The van der Waals surface area contributed by atoms with Crippen molar-refractivity contribution in [2.24, 2.45) is 5.41 Å². The molecular weight excluding hydrogens is 268 g/mol. The zero-order valence-electron chi connectivity index (χ0n) is 13.9. The SMILES string of the molecule is CC(=O)OC(C)/C=C/C1=C(C)CC(OC(C)=O)CC1(C)C. The third kappa shape index (κ3) is 5.37. The second-order valence-electron chi connectivity index (χ2n) is 6.39. The summed E-state index contributed by atoms with van der Waals surface area (Å²) in [5, 5.41) is 0. The molecule has 2 atom stereocenters. The second-order valence-corrected chi connectivity index (χ2v) is 6.39. The van der Waals surface area contributed by atoms with Gasteiger partial charge in [0, 0.05) is 20.3 Å². The molecule has 0 N–H and O–H groups in total. The van der Waals surface area contributed by atoms with Crippen LogP contribution in [-0.2, 0) is 19.1 Å². The number of carbonyl (C=O) groups excluding carboxylic acids is 2. The molecule has 21 heavy (non-hydrogen) atoms. The van der Waals surface area contributed by atoms with Gasteiger partial charge in [-0.25, -0.2) is 0 Å². The highest BCUT2D eigenvalue weighted by molar-refractivity contribution is 5.66. The molecule has 4 heteroatoms. The van der Waals surface area contributed by atoms with Crippen molar-refractivity contribution >= 4 is 11.9 Å². The molecule has 118 valence electrons. The Balaban J connectivity index is 2.87. The molecule has 4 nitrogen and oxygen atoms in total. The van der Waals surface area contributed by atoms with Crippen molar-refractivity contribution in [1.29, 1.82) is 0 Å². The lowest BCUT2D eigenvalue weighted by atomic mass is 9.71. The Morgan fingerprint density at radius 1 is 1.29 bits per heavy atom. The van der Waals surface area contributed by atoms with E-state index in [1.807, 2.05) is 19.1 Å². The predicted molar refractivity (Wildman–Crippen MR) is 81.6 cm³/mol. The third-order valence-corrected chi connectivity index (χ3v) is 3.68. The van der Waals surface area contributed by atoms with Crippen LogP contribution in [-0.4, -0.2) is 24.1 Å². The van der Waals surface area contributed by atoms with Crippen LogP contribution in [0.1, 0.15) is 54.4 Å². The first-order valence-corrected chi connectivity index (χ1v) is 7.34. The Morgan fingerprint density at radius 3 is 2.38 bits per heavy atom. The van der Waals surface area contributed by atoms with E-state index in [1.165, 1.54) is 25.0 Å². The van der Waals surface area contributed by atoms with Crippen molar-refractivity contribution in [1.82, 2.24) is 0 Å². The van der Waals surface area contributed by atoms with Gasteiger partial charge in [-0.2, -0.15) is 0 Å². The zero-order chi connectivity index (χ0) is 16.2. The molecule has 0 aliphatic heterocycles. The van der Waals surface area contributed by atoms with Crippen molar-refractivity contribution in [3.05, 3.63) is 23.3 Å². The van der Waals surface area contributed by atoms with Gasteiger partial charge in [0.15, 0.2) is 0 Å². The molecule has 1 aliphatic rings. The van der Waals surface area contributed by atoms with Gasteiger partial charge in [-0.05, 0) is 37.3 Å². The minimum absolute atomic E-state index is 0.0551. The summed E-state index contributed by atoms with van der Waals surface area (Å²) in [6.45, 7) is 11.0. The van der Waals surface area contributed by atoms with Gasteiger partial charge in [0.1, 0.15) is 12.2 Å². The van der Waals surface area contributed by atoms with Crippen molar-refractivity contribution in [3.8, 4) is 0 Å². The van der Waals surface area contributed by atoms with Gasteiger partial charge in [-0.3, -0.25) is 9.59 Å². The molecule has 0 amide bonds. The number of allylic oxidation sites excluding steroid dienone is 2. The number of hydrogen-bond donors (Lipinski definition) is 0. The Hall–Kier alpha value is -1.58. The van der Waals surface area contributed by atoms with Crippen LogP contribution in [0.5, 0.6) is 0 Å². The fourth-order valence-electron chi connectivity index (χ4n) is 3.00. The van der Waals surface area contributed by atoms with E-state index < -0.39 is 0 Å². The van der Waals surface area contributed by atoms with Gasteiger partial charge in [-0.1, -0.05) is 25.5 Å². The van der Waals surface area contributed by atoms with E-state index in [0.717, 1.165) is 12.8 Å². The zero-order valence-corrected chi connectivity index (χ0v) is 13.9. The topological polar surface area (TPSA) is 52.6 Å². The van der Waals surface area contributed by atoms with Gasteiger partial charge >= 0.3 is 11.9 Å². The lowest BCUT2D eigenvalue weighted by Gasteiger charge is -2.37. The summed E-state index contributed by atoms with van der Waals surface area (Å²) < 4.78 is 10.5. The molecule has 0 heterocycles. The number of esters is 2. The quantitative estimate of drug-likeness (QED) is 0.744. The predicted octanol–water partition coefficient (Wildman–Crippen LogP) is 3.56. The van der Waals surface area contributed by atoms with Crippen molar-refractivity contribution in [2.45, 2.75) is 66.6 Å². The summed E-state index contributed by atoms with van der Waals surface area (Å²) in [5.74, 6) is -0.512. The molecular formula is C17H26O4. The molecule has 0 saturated heterocycles. The van der Waals surface area contributed by atoms with Crippen LogP contribution in [0.2, 0.25) is 0 Å². The normalized spacial score (nSPS) is 23.0. The number of hydrogen-bond acceptors (Lipinski definition) is 4. The average molecular weight is 294 g/mol. The molecule has 0 aromatic carbocycles. The Labute approximate surface area is 127 Å². The first kappa shape index (κ1) is 17.5. The Morgan fingerprint density at radius 2 is 1.90 bits per heavy atom. The van der Waals surface area contributed by atoms with Gasteiger partial charge in [0.05, 0.1) is 0 Å². The van der Waals surface area contributed by atoms with E-state index in [0.29, 0.717) is 0 Å². The summed E-state index contributed by atoms with van der Waals surface area (Å²) in [6.07, 6.45) is 5.18. The van der Waals surface area contributed by atoms with Crippen LogP contribution < -0.4 is 0 Å².